The lowest BCUT2D eigenvalue weighted by atomic mass is 10.0. The van der Waals surface area contributed by atoms with E-state index in [1.54, 1.807) is 18.3 Å². The molecule has 0 radical (unpaired) electrons. The van der Waals surface area contributed by atoms with Crippen molar-refractivity contribution >= 4 is 47.2 Å². The minimum Gasteiger partial charge on any atom is -0.508 e. The number of para-hydroxylation sites is 1. The lowest BCUT2D eigenvalue weighted by Gasteiger charge is -2.23. The van der Waals surface area contributed by atoms with Crippen molar-refractivity contribution in [2.75, 3.05) is 5.75 Å². The standard InChI is InChI=1S/C26H31N5O6S/c1-14(23(33)31-22(13-38)26(36)37)29-25(35)21(11-16-12-28-20-5-3-2-4-18(16)20)30-24(34)19(27)10-15-6-8-17(32)9-7-15/h2-9,12,14,19,21-22,28,32,38H,10-11,13,27H2,1H3,(H,29,35)(H,30,34)(H,31,33)(H,36,37). The predicted molar refractivity (Wildman–Crippen MR) is 145 cm³/mol. The van der Waals surface area contributed by atoms with Crippen LogP contribution in [0.1, 0.15) is 18.1 Å². The Hall–Kier alpha value is -4.03. The number of aliphatic carboxylic acids is 1. The van der Waals surface area contributed by atoms with Gasteiger partial charge in [-0.15, -0.1) is 0 Å². The second-order valence-electron chi connectivity index (χ2n) is 8.91. The van der Waals surface area contributed by atoms with E-state index in [0.717, 1.165) is 22.0 Å². The maximum Gasteiger partial charge on any atom is 0.327 e. The molecule has 12 heteroatoms. The Kier molecular flexibility index (Phi) is 9.74. The molecule has 0 aliphatic rings. The molecule has 0 aliphatic heterocycles. The lowest BCUT2D eigenvalue weighted by Crippen LogP contribution is -2.57. The molecule has 3 amide bonds. The zero-order chi connectivity index (χ0) is 27.8. The van der Waals surface area contributed by atoms with Crippen LogP contribution in [0, 0.1) is 0 Å². The molecular formula is C26H31N5O6S. The molecule has 0 spiro atoms. The number of hydrogen-bond donors (Lipinski definition) is 8. The number of aromatic nitrogens is 1. The largest absolute Gasteiger partial charge is 0.508 e. The molecule has 4 atom stereocenters. The van der Waals surface area contributed by atoms with Crippen molar-refractivity contribution < 1.29 is 29.4 Å². The van der Waals surface area contributed by atoms with Gasteiger partial charge in [0.05, 0.1) is 6.04 Å². The summed E-state index contributed by atoms with van der Waals surface area (Å²) in [6.07, 6.45) is 2.02. The number of thiol groups is 1. The van der Waals surface area contributed by atoms with Gasteiger partial charge in [-0.3, -0.25) is 14.4 Å². The average Bonchev–Trinajstić information content (AvgIpc) is 3.30. The van der Waals surface area contributed by atoms with Gasteiger partial charge in [-0.1, -0.05) is 30.3 Å². The number of phenolic OH excluding ortho intramolecular Hbond substituents is 1. The first kappa shape index (κ1) is 28.5. The Bertz CT molecular complexity index is 1290. The number of hydrogen-bond acceptors (Lipinski definition) is 7. The fraction of sp³-hybridized carbons (Fsp3) is 0.308. The molecule has 1 aromatic heterocycles. The highest BCUT2D eigenvalue weighted by Crippen LogP contribution is 2.19. The van der Waals surface area contributed by atoms with E-state index in [-0.39, 0.29) is 24.3 Å². The summed E-state index contributed by atoms with van der Waals surface area (Å²) in [4.78, 5) is 53.0. The van der Waals surface area contributed by atoms with Gasteiger partial charge in [0.1, 0.15) is 23.9 Å². The molecule has 8 N–H and O–H groups in total. The van der Waals surface area contributed by atoms with Crippen molar-refractivity contribution in [2.45, 2.75) is 43.9 Å². The number of carboxylic acid groups (broad SMARTS) is 1. The SMILES string of the molecule is CC(NC(=O)C(Cc1c[nH]c2ccccc12)NC(=O)C(N)Cc1ccc(O)cc1)C(=O)NC(CS)C(=O)O. The Morgan fingerprint density at radius 1 is 0.921 bits per heavy atom. The van der Waals surface area contributed by atoms with Gasteiger partial charge in [-0.2, -0.15) is 12.6 Å². The molecule has 38 heavy (non-hydrogen) atoms. The molecule has 0 saturated heterocycles. The van der Waals surface area contributed by atoms with E-state index >= 15 is 0 Å². The van der Waals surface area contributed by atoms with Crippen LogP contribution in [0.3, 0.4) is 0 Å². The number of carbonyl (C=O) groups excluding carboxylic acids is 3. The van der Waals surface area contributed by atoms with Crippen molar-refractivity contribution in [1.82, 2.24) is 20.9 Å². The van der Waals surface area contributed by atoms with Gasteiger partial charge in [0.2, 0.25) is 17.7 Å². The molecule has 11 nitrogen and oxygen atoms in total. The first-order valence-corrected chi connectivity index (χ1v) is 12.6. The van der Waals surface area contributed by atoms with Gasteiger partial charge in [0.25, 0.3) is 0 Å². The van der Waals surface area contributed by atoms with Gasteiger partial charge in [-0.25, -0.2) is 4.79 Å². The summed E-state index contributed by atoms with van der Waals surface area (Å²) in [5.41, 5.74) is 8.46. The van der Waals surface area contributed by atoms with E-state index in [2.05, 4.69) is 33.6 Å². The number of carboxylic acids is 1. The number of amides is 3. The zero-order valence-corrected chi connectivity index (χ0v) is 21.6. The Morgan fingerprint density at radius 3 is 2.24 bits per heavy atom. The summed E-state index contributed by atoms with van der Waals surface area (Å²) in [5.74, 6) is -3.21. The van der Waals surface area contributed by atoms with Crippen molar-refractivity contribution in [3.8, 4) is 5.75 Å². The van der Waals surface area contributed by atoms with E-state index in [1.807, 2.05) is 24.3 Å². The number of H-pyrrole nitrogens is 1. The summed E-state index contributed by atoms with van der Waals surface area (Å²) in [6.45, 7) is 1.41. The fourth-order valence-electron chi connectivity index (χ4n) is 3.85. The summed E-state index contributed by atoms with van der Waals surface area (Å²) < 4.78 is 0. The molecule has 202 valence electrons. The molecule has 2 aromatic carbocycles. The monoisotopic (exact) mass is 541 g/mol. The molecule has 3 aromatic rings. The van der Waals surface area contributed by atoms with Crippen LogP contribution in [0.4, 0.5) is 0 Å². The van der Waals surface area contributed by atoms with Crippen molar-refractivity contribution in [1.29, 1.82) is 0 Å². The van der Waals surface area contributed by atoms with Gasteiger partial charge >= 0.3 is 5.97 Å². The molecule has 1 heterocycles. The second-order valence-corrected chi connectivity index (χ2v) is 9.28. The molecule has 0 fully saturated rings. The number of benzene rings is 2. The maximum atomic E-state index is 13.2. The number of fused-ring (bicyclic) bond motifs is 1. The number of rotatable bonds is 12. The summed E-state index contributed by atoms with van der Waals surface area (Å²) in [5, 5.41) is 27.0. The number of phenols is 1. The normalized spacial score (nSPS) is 14.2. The number of nitrogens with one attached hydrogen (secondary N) is 4. The van der Waals surface area contributed by atoms with Crippen molar-refractivity contribution in [3.05, 3.63) is 65.9 Å². The van der Waals surface area contributed by atoms with Crippen LogP contribution in [0.25, 0.3) is 10.9 Å². The van der Waals surface area contributed by atoms with Gasteiger partial charge < -0.3 is 36.9 Å². The quantitative estimate of drug-likeness (QED) is 0.153. The van der Waals surface area contributed by atoms with Crippen LogP contribution < -0.4 is 21.7 Å². The molecular weight excluding hydrogens is 510 g/mol. The average molecular weight is 542 g/mol. The van der Waals surface area contributed by atoms with Crippen molar-refractivity contribution in [2.24, 2.45) is 5.73 Å². The first-order chi connectivity index (χ1) is 18.1. The van der Waals surface area contributed by atoms with Crippen LogP contribution >= 0.6 is 12.6 Å². The highest BCUT2D eigenvalue weighted by atomic mass is 32.1. The van der Waals surface area contributed by atoms with E-state index < -0.39 is 47.9 Å². The lowest BCUT2D eigenvalue weighted by molar-refractivity contribution is -0.141. The molecule has 0 saturated carbocycles. The van der Waals surface area contributed by atoms with E-state index in [1.165, 1.54) is 19.1 Å². The maximum absolute atomic E-state index is 13.2. The molecule has 4 unspecified atom stereocenters. The molecule has 0 aliphatic carbocycles. The van der Waals surface area contributed by atoms with Gasteiger partial charge in [-0.05, 0) is 42.7 Å². The van der Waals surface area contributed by atoms with Crippen LogP contribution in [0.5, 0.6) is 5.75 Å². The topological polar surface area (TPSA) is 187 Å². The number of carbonyl (C=O) groups is 4. The van der Waals surface area contributed by atoms with Crippen LogP contribution in [-0.2, 0) is 32.0 Å². The van der Waals surface area contributed by atoms with Crippen LogP contribution in [-0.4, -0.2) is 68.8 Å². The Morgan fingerprint density at radius 2 is 1.58 bits per heavy atom. The van der Waals surface area contributed by atoms with Gasteiger partial charge in [0, 0.05) is 29.3 Å². The van der Waals surface area contributed by atoms with E-state index in [4.69, 9.17) is 10.8 Å². The smallest absolute Gasteiger partial charge is 0.327 e. The summed E-state index contributed by atoms with van der Waals surface area (Å²) in [7, 11) is 0. The number of aromatic hydroxyl groups is 1. The Labute approximate surface area is 224 Å². The highest BCUT2D eigenvalue weighted by molar-refractivity contribution is 7.80. The second kappa shape index (κ2) is 13.0. The van der Waals surface area contributed by atoms with Crippen LogP contribution in [0.2, 0.25) is 0 Å². The third kappa shape index (κ3) is 7.49. The van der Waals surface area contributed by atoms with E-state index in [9.17, 15) is 24.3 Å². The first-order valence-electron chi connectivity index (χ1n) is 11.9. The third-order valence-corrected chi connectivity index (χ3v) is 6.38. The molecule has 0 bridgehead atoms. The van der Waals surface area contributed by atoms with Crippen molar-refractivity contribution in [3.63, 3.8) is 0 Å². The van der Waals surface area contributed by atoms with E-state index in [0.29, 0.717) is 0 Å². The minimum absolute atomic E-state index is 0.0874. The minimum atomic E-state index is -1.25. The zero-order valence-electron chi connectivity index (χ0n) is 20.7. The van der Waals surface area contributed by atoms with Crippen LogP contribution in [0.15, 0.2) is 54.7 Å². The Balaban J connectivity index is 1.75. The number of aromatic amines is 1. The summed E-state index contributed by atoms with van der Waals surface area (Å²) >= 11 is 3.92. The summed E-state index contributed by atoms with van der Waals surface area (Å²) in [6, 6.07) is 9.39. The fourth-order valence-corrected chi connectivity index (χ4v) is 4.10. The third-order valence-electron chi connectivity index (χ3n) is 6.01. The number of nitrogens with two attached hydrogens (primary N) is 1. The highest BCUT2D eigenvalue weighted by Gasteiger charge is 2.29. The predicted octanol–water partition coefficient (Wildman–Crippen LogP) is 0.475. The van der Waals surface area contributed by atoms with Gasteiger partial charge in [0.15, 0.2) is 0 Å². The molecule has 3 rings (SSSR count).